The lowest BCUT2D eigenvalue weighted by molar-refractivity contribution is 0.261. The van der Waals surface area contributed by atoms with Crippen molar-refractivity contribution in [1.82, 2.24) is 9.88 Å². The molecule has 92 valence electrons. The molecule has 0 aromatic carbocycles. The Hall–Kier alpha value is -0.800. The van der Waals surface area contributed by atoms with Crippen LogP contribution >= 0.6 is 0 Å². The van der Waals surface area contributed by atoms with E-state index in [9.17, 15) is 0 Å². The van der Waals surface area contributed by atoms with Gasteiger partial charge in [0.05, 0.1) is 0 Å². The summed E-state index contributed by atoms with van der Waals surface area (Å²) in [4.78, 5) is 0. The van der Waals surface area contributed by atoms with E-state index < -0.39 is 0 Å². The van der Waals surface area contributed by atoms with E-state index in [1.165, 1.54) is 5.69 Å². The number of aryl methyl sites for hydroxylation is 1. The second kappa shape index (κ2) is 7.47. The largest absolute Gasteiger partial charge is 0.396 e. The fraction of sp³-hybridized carbons (Fsp3) is 0.692. The van der Waals surface area contributed by atoms with Crippen LogP contribution in [0.2, 0.25) is 0 Å². The lowest BCUT2D eigenvalue weighted by Gasteiger charge is -2.16. The lowest BCUT2D eigenvalue weighted by Crippen LogP contribution is -2.29. The summed E-state index contributed by atoms with van der Waals surface area (Å²) in [5.74, 6) is 0. The molecule has 0 aliphatic rings. The topological polar surface area (TPSA) is 37.2 Å². The normalized spacial score (nSPS) is 12.9. The standard InChI is InChI=1S/C13H24N2O/c1-3-8-15-9-5-6-13(15)11-14-12(4-2)7-10-16/h5-6,9,12,14,16H,3-4,7-8,10-11H2,1-2H3. The van der Waals surface area contributed by atoms with Gasteiger partial charge >= 0.3 is 0 Å². The highest BCUT2D eigenvalue weighted by atomic mass is 16.3. The van der Waals surface area contributed by atoms with Crippen LogP contribution < -0.4 is 5.32 Å². The molecule has 0 fully saturated rings. The highest BCUT2D eigenvalue weighted by Crippen LogP contribution is 2.05. The number of aliphatic hydroxyl groups is 1. The van der Waals surface area contributed by atoms with Crippen molar-refractivity contribution in [2.24, 2.45) is 0 Å². The van der Waals surface area contributed by atoms with Crippen LogP contribution in [0.25, 0.3) is 0 Å². The Morgan fingerprint density at radius 1 is 1.44 bits per heavy atom. The SMILES string of the molecule is CCCn1cccc1CNC(CC)CCO. The average Bonchev–Trinajstić information content (AvgIpc) is 2.72. The Labute approximate surface area is 98.5 Å². The minimum atomic E-state index is 0.265. The second-order valence-electron chi connectivity index (χ2n) is 4.19. The van der Waals surface area contributed by atoms with Gasteiger partial charge in [-0.1, -0.05) is 13.8 Å². The minimum absolute atomic E-state index is 0.265. The van der Waals surface area contributed by atoms with Crippen LogP contribution in [0.4, 0.5) is 0 Å². The summed E-state index contributed by atoms with van der Waals surface area (Å²) in [7, 11) is 0. The van der Waals surface area contributed by atoms with Gasteiger partial charge in [0.15, 0.2) is 0 Å². The van der Waals surface area contributed by atoms with Crippen molar-refractivity contribution < 1.29 is 5.11 Å². The van der Waals surface area contributed by atoms with Crippen LogP contribution in [0.1, 0.15) is 38.8 Å². The van der Waals surface area contributed by atoms with Crippen molar-refractivity contribution >= 4 is 0 Å². The molecule has 16 heavy (non-hydrogen) atoms. The third-order valence-corrected chi connectivity index (χ3v) is 2.93. The minimum Gasteiger partial charge on any atom is -0.396 e. The molecule has 1 aromatic rings. The average molecular weight is 224 g/mol. The van der Waals surface area contributed by atoms with Crippen molar-refractivity contribution in [1.29, 1.82) is 0 Å². The van der Waals surface area contributed by atoms with Crippen LogP contribution in [0.3, 0.4) is 0 Å². The summed E-state index contributed by atoms with van der Waals surface area (Å²) < 4.78 is 2.29. The fourth-order valence-electron chi connectivity index (χ4n) is 1.92. The number of nitrogens with zero attached hydrogens (tertiary/aromatic N) is 1. The maximum absolute atomic E-state index is 8.92. The summed E-state index contributed by atoms with van der Waals surface area (Å²) in [6.07, 6.45) is 5.20. The number of nitrogens with one attached hydrogen (secondary N) is 1. The quantitative estimate of drug-likeness (QED) is 0.710. The zero-order valence-electron chi connectivity index (χ0n) is 10.4. The van der Waals surface area contributed by atoms with Crippen molar-refractivity contribution in [2.75, 3.05) is 6.61 Å². The van der Waals surface area contributed by atoms with E-state index in [0.29, 0.717) is 6.04 Å². The molecule has 1 aromatic heterocycles. The molecule has 3 nitrogen and oxygen atoms in total. The van der Waals surface area contributed by atoms with Crippen LogP contribution in [0.5, 0.6) is 0 Å². The van der Waals surface area contributed by atoms with Gasteiger partial charge in [0.25, 0.3) is 0 Å². The molecular formula is C13H24N2O. The first-order valence-corrected chi connectivity index (χ1v) is 6.30. The fourth-order valence-corrected chi connectivity index (χ4v) is 1.92. The van der Waals surface area contributed by atoms with Crippen LogP contribution in [0.15, 0.2) is 18.3 Å². The predicted molar refractivity (Wildman–Crippen MR) is 67.3 cm³/mol. The van der Waals surface area contributed by atoms with E-state index in [4.69, 9.17) is 5.11 Å². The zero-order chi connectivity index (χ0) is 11.8. The predicted octanol–water partition coefficient (Wildman–Crippen LogP) is 2.15. The number of hydrogen-bond acceptors (Lipinski definition) is 2. The summed E-state index contributed by atoms with van der Waals surface area (Å²) in [5, 5.41) is 12.4. The van der Waals surface area contributed by atoms with Gasteiger partial charge in [-0.3, -0.25) is 0 Å². The molecule has 0 bridgehead atoms. The Kier molecular flexibility index (Phi) is 6.19. The van der Waals surface area contributed by atoms with Crippen LogP contribution in [0, 0.1) is 0 Å². The highest BCUT2D eigenvalue weighted by Gasteiger charge is 2.06. The van der Waals surface area contributed by atoms with Gasteiger partial charge in [0, 0.05) is 37.6 Å². The van der Waals surface area contributed by atoms with Crippen molar-refractivity contribution in [3.8, 4) is 0 Å². The molecule has 0 amide bonds. The summed E-state index contributed by atoms with van der Waals surface area (Å²) in [6.45, 7) is 6.59. The molecule has 1 heterocycles. The Morgan fingerprint density at radius 3 is 2.88 bits per heavy atom. The van der Waals surface area contributed by atoms with E-state index in [1.54, 1.807) is 0 Å². The Balaban J connectivity index is 2.43. The van der Waals surface area contributed by atoms with Crippen molar-refractivity contribution in [3.63, 3.8) is 0 Å². The van der Waals surface area contributed by atoms with Gasteiger partial charge in [-0.15, -0.1) is 0 Å². The molecule has 0 saturated carbocycles. The number of aliphatic hydroxyl groups excluding tert-OH is 1. The van der Waals surface area contributed by atoms with E-state index in [2.05, 4.69) is 42.1 Å². The maximum atomic E-state index is 8.92. The Morgan fingerprint density at radius 2 is 2.25 bits per heavy atom. The Bertz CT molecular complexity index is 283. The molecule has 3 heteroatoms. The molecule has 1 atom stereocenters. The summed E-state index contributed by atoms with van der Waals surface area (Å²) in [5.41, 5.74) is 1.33. The number of aromatic nitrogens is 1. The van der Waals surface area contributed by atoms with Gasteiger partial charge in [-0.2, -0.15) is 0 Å². The van der Waals surface area contributed by atoms with Crippen molar-refractivity contribution in [3.05, 3.63) is 24.0 Å². The number of hydrogen-bond donors (Lipinski definition) is 2. The lowest BCUT2D eigenvalue weighted by atomic mass is 10.1. The molecule has 1 unspecified atom stereocenters. The second-order valence-corrected chi connectivity index (χ2v) is 4.19. The molecule has 0 spiro atoms. The highest BCUT2D eigenvalue weighted by molar-refractivity contribution is 5.07. The van der Waals surface area contributed by atoms with Gasteiger partial charge in [0.1, 0.15) is 0 Å². The van der Waals surface area contributed by atoms with E-state index in [1.807, 2.05) is 0 Å². The molecule has 2 N–H and O–H groups in total. The van der Waals surface area contributed by atoms with Gasteiger partial charge in [0.2, 0.25) is 0 Å². The van der Waals surface area contributed by atoms with E-state index in [0.717, 1.165) is 32.4 Å². The molecule has 1 rings (SSSR count). The van der Waals surface area contributed by atoms with E-state index >= 15 is 0 Å². The number of rotatable bonds is 8. The summed E-state index contributed by atoms with van der Waals surface area (Å²) >= 11 is 0. The first-order chi connectivity index (χ1) is 7.81. The molecule has 0 aliphatic carbocycles. The molecule has 0 radical (unpaired) electrons. The van der Waals surface area contributed by atoms with Crippen LogP contribution in [-0.2, 0) is 13.1 Å². The summed E-state index contributed by atoms with van der Waals surface area (Å²) in [6, 6.07) is 4.68. The molecule has 0 aliphatic heterocycles. The van der Waals surface area contributed by atoms with Gasteiger partial charge in [-0.05, 0) is 31.4 Å². The maximum Gasteiger partial charge on any atom is 0.0445 e. The molecule has 0 saturated heterocycles. The zero-order valence-corrected chi connectivity index (χ0v) is 10.4. The first-order valence-electron chi connectivity index (χ1n) is 6.30. The first kappa shape index (κ1) is 13.3. The van der Waals surface area contributed by atoms with E-state index in [-0.39, 0.29) is 6.61 Å². The molecular weight excluding hydrogens is 200 g/mol. The monoisotopic (exact) mass is 224 g/mol. The van der Waals surface area contributed by atoms with Crippen LogP contribution in [-0.4, -0.2) is 22.3 Å². The smallest absolute Gasteiger partial charge is 0.0445 e. The van der Waals surface area contributed by atoms with Gasteiger partial charge < -0.3 is 15.0 Å². The third-order valence-electron chi connectivity index (χ3n) is 2.93. The third kappa shape index (κ3) is 3.99. The van der Waals surface area contributed by atoms with Crippen molar-refractivity contribution in [2.45, 2.75) is 52.2 Å². The van der Waals surface area contributed by atoms with Gasteiger partial charge in [-0.25, -0.2) is 0 Å².